The molecule has 0 aliphatic carbocycles. The lowest BCUT2D eigenvalue weighted by atomic mass is 10.2. The molecule has 4 N–H and O–H groups in total. The monoisotopic (exact) mass is 204 g/mol. The second-order valence-corrected chi connectivity index (χ2v) is 3.20. The minimum absolute atomic E-state index is 0.000842. The van der Waals surface area contributed by atoms with Gasteiger partial charge >= 0.3 is 12.0 Å². The van der Waals surface area contributed by atoms with Gasteiger partial charge in [0.25, 0.3) is 0 Å². The molecule has 0 spiro atoms. The third-order valence-electron chi connectivity index (χ3n) is 1.41. The van der Waals surface area contributed by atoms with Crippen molar-refractivity contribution in [3.8, 4) is 0 Å². The van der Waals surface area contributed by atoms with Crippen molar-refractivity contribution in [1.82, 2.24) is 10.6 Å². The Labute approximate surface area is 82.3 Å². The molecule has 0 aliphatic rings. The van der Waals surface area contributed by atoms with Crippen molar-refractivity contribution in [3.05, 3.63) is 0 Å². The number of aliphatic hydroxyl groups is 1. The van der Waals surface area contributed by atoms with Gasteiger partial charge in [-0.25, -0.2) is 9.59 Å². The number of hydrogen-bond donors (Lipinski definition) is 4. The molecule has 1 unspecified atom stereocenters. The number of nitrogens with one attached hydrogen (secondary N) is 2. The Balaban J connectivity index is 3.54. The molecule has 0 heterocycles. The van der Waals surface area contributed by atoms with Gasteiger partial charge in [0.1, 0.15) is 0 Å². The Kier molecular flexibility index (Phi) is 5.62. The van der Waals surface area contributed by atoms with Gasteiger partial charge in [0.2, 0.25) is 0 Å². The average Bonchev–Trinajstić information content (AvgIpc) is 2.02. The quantitative estimate of drug-likeness (QED) is 0.486. The van der Waals surface area contributed by atoms with Gasteiger partial charge in [0.15, 0.2) is 6.10 Å². The highest BCUT2D eigenvalue weighted by molar-refractivity contribution is 5.74. The number of hydrogen-bond acceptors (Lipinski definition) is 3. The minimum Gasteiger partial charge on any atom is -0.479 e. The summed E-state index contributed by atoms with van der Waals surface area (Å²) in [5, 5.41) is 22.2. The first-order valence-electron chi connectivity index (χ1n) is 4.38. The van der Waals surface area contributed by atoms with E-state index in [4.69, 9.17) is 10.2 Å². The summed E-state index contributed by atoms with van der Waals surface area (Å²) in [5.74, 6) is -1.28. The highest BCUT2D eigenvalue weighted by atomic mass is 16.4. The Morgan fingerprint density at radius 3 is 2.36 bits per heavy atom. The van der Waals surface area contributed by atoms with Crippen molar-refractivity contribution >= 4 is 12.0 Å². The molecule has 0 aromatic carbocycles. The Morgan fingerprint density at radius 1 is 1.36 bits per heavy atom. The van der Waals surface area contributed by atoms with Crippen LogP contribution in [-0.4, -0.2) is 40.9 Å². The summed E-state index contributed by atoms with van der Waals surface area (Å²) in [4.78, 5) is 21.1. The summed E-state index contributed by atoms with van der Waals surface area (Å²) in [7, 11) is 0. The van der Waals surface area contributed by atoms with Crippen molar-refractivity contribution in [2.75, 3.05) is 6.54 Å². The van der Waals surface area contributed by atoms with E-state index in [0.29, 0.717) is 0 Å². The molecule has 0 aromatic rings. The van der Waals surface area contributed by atoms with Crippen LogP contribution >= 0.6 is 0 Å². The SMILES string of the molecule is CC(C)NC(=O)NCCC(O)C(=O)O. The number of carboxylic acids is 1. The molecular formula is C8H16N2O4. The van der Waals surface area contributed by atoms with E-state index in [0.717, 1.165) is 0 Å². The first kappa shape index (κ1) is 12.7. The van der Waals surface area contributed by atoms with Crippen molar-refractivity contribution in [3.63, 3.8) is 0 Å². The molecule has 0 aliphatic heterocycles. The molecule has 1 atom stereocenters. The molecule has 0 saturated carbocycles. The molecular weight excluding hydrogens is 188 g/mol. The van der Waals surface area contributed by atoms with Crippen molar-refractivity contribution in [2.24, 2.45) is 0 Å². The highest BCUT2D eigenvalue weighted by Crippen LogP contribution is 1.89. The van der Waals surface area contributed by atoms with Crippen LogP contribution in [0.15, 0.2) is 0 Å². The van der Waals surface area contributed by atoms with Crippen LogP contribution in [0.5, 0.6) is 0 Å². The maximum absolute atomic E-state index is 11.0. The molecule has 0 fully saturated rings. The summed E-state index contributed by atoms with van der Waals surface area (Å²) >= 11 is 0. The summed E-state index contributed by atoms with van der Waals surface area (Å²) in [6.07, 6.45) is -1.42. The van der Waals surface area contributed by atoms with Crippen molar-refractivity contribution < 1.29 is 19.8 Å². The number of amides is 2. The lowest BCUT2D eigenvalue weighted by molar-refractivity contribution is -0.146. The van der Waals surface area contributed by atoms with Gasteiger partial charge in [-0.2, -0.15) is 0 Å². The van der Waals surface area contributed by atoms with E-state index in [9.17, 15) is 9.59 Å². The van der Waals surface area contributed by atoms with Crippen LogP contribution in [0.2, 0.25) is 0 Å². The summed E-state index contributed by atoms with van der Waals surface area (Å²) in [6.45, 7) is 3.75. The molecule has 2 amide bonds. The molecule has 6 nitrogen and oxygen atoms in total. The van der Waals surface area contributed by atoms with E-state index < -0.39 is 12.1 Å². The van der Waals surface area contributed by atoms with Crippen molar-refractivity contribution in [1.29, 1.82) is 0 Å². The molecule has 0 saturated heterocycles. The largest absolute Gasteiger partial charge is 0.479 e. The van der Waals surface area contributed by atoms with E-state index >= 15 is 0 Å². The van der Waals surface area contributed by atoms with Gasteiger partial charge in [0, 0.05) is 19.0 Å². The van der Waals surface area contributed by atoms with E-state index in [-0.39, 0.29) is 25.0 Å². The predicted octanol–water partition coefficient (Wildman–Crippen LogP) is -0.470. The van der Waals surface area contributed by atoms with Gasteiger partial charge < -0.3 is 20.8 Å². The first-order chi connectivity index (χ1) is 6.43. The van der Waals surface area contributed by atoms with Crippen LogP contribution in [-0.2, 0) is 4.79 Å². The van der Waals surface area contributed by atoms with E-state index in [1.165, 1.54) is 0 Å². The average molecular weight is 204 g/mol. The maximum Gasteiger partial charge on any atom is 0.332 e. The lowest BCUT2D eigenvalue weighted by Gasteiger charge is -2.10. The highest BCUT2D eigenvalue weighted by Gasteiger charge is 2.12. The summed E-state index contributed by atoms with van der Waals surface area (Å²) in [6, 6.07) is -0.336. The van der Waals surface area contributed by atoms with Crippen LogP contribution in [0.4, 0.5) is 4.79 Å². The normalized spacial score (nSPS) is 12.3. The third kappa shape index (κ3) is 6.24. The number of carbonyl (C=O) groups is 2. The number of urea groups is 1. The zero-order valence-electron chi connectivity index (χ0n) is 8.28. The number of carbonyl (C=O) groups excluding carboxylic acids is 1. The number of aliphatic hydroxyl groups excluding tert-OH is 1. The van der Waals surface area contributed by atoms with Gasteiger partial charge in [-0.15, -0.1) is 0 Å². The Hall–Kier alpha value is -1.30. The molecule has 14 heavy (non-hydrogen) atoms. The topological polar surface area (TPSA) is 98.7 Å². The third-order valence-corrected chi connectivity index (χ3v) is 1.41. The van der Waals surface area contributed by atoms with Crippen LogP contribution in [0.1, 0.15) is 20.3 Å². The zero-order valence-corrected chi connectivity index (χ0v) is 8.28. The smallest absolute Gasteiger partial charge is 0.332 e. The van der Waals surface area contributed by atoms with Crippen LogP contribution in [0, 0.1) is 0 Å². The maximum atomic E-state index is 11.0. The summed E-state index contributed by atoms with van der Waals surface area (Å²) < 4.78 is 0. The van der Waals surface area contributed by atoms with Gasteiger partial charge in [-0.1, -0.05) is 0 Å². The minimum atomic E-state index is -1.42. The number of aliphatic carboxylic acids is 1. The van der Waals surface area contributed by atoms with Gasteiger partial charge in [-0.3, -0.25) is 0 Å². The molecule has 82 valence electrons. The number of carboxylic acid groups (broad SMARTS) is 1. The standard InChI is InChI=1S/C8H16N2O4/c1-5(2)10-8(14)9-4-3-6(11)7(12)13/h5-6,11H,3-4H2,1-2H3,(H,12,13)(H2,9,10,14). The lowest BCUT2D eigenvalue weighted by Crippen LogP contribution is -2.40. The fourth-order valence-corrected chi connectivity index (χ4v) is 0.759. The molecule has 0 radical (unpaired) electrons. The van der Waals surface area contributed by atoms with E-state index in [1.807, 2.05) is 13.8 Å². The zero-order chi connectivity index (χ0) is 11.1. The van der Waals surface area contributed by atoms with Crippen LogP contribution in [0.3, 0.4) is 0 Å². The van der Waals surface area contributed by atoms with Crippen molar-refractivity contribution in [2.45, 2.75) is 32.4 Å². The van der Waals surface area contributed by atoms with E-state index in [2.05, 4.69) is 10.6 Å². The Bertz CT molecular complexity index is 206. The molecule has 0 rings (SSSR count). The molecule has 6 heteroatoms. The molecule has 0 bridgehead atoms. The number of rotatable bonds is 5. The first-order valence-corrected chi connectivity index (χ1v) is 4.38. The molecule has 0 aromatic heterocycles. The fraction of sp³-hybridized carbons (Fsp3) is 0.750. The fourth-order valence-electron chi connectivity index (χ4n) is 0.759. The summed E-state index contributed by atoms with van der Waals surface area (Å²) in [5.41, 5.74) is 0. The van der Waals surface area contributed by atoms with Gasteiger partial charge in [-0.05, 0) is 13.8 Å². The second-order valence-electron chi connectivity index (χ2n) is 3.20. The second kappa shape index (κ2) is 6.20. The predicted molar refractivity (Wildman–Crippen MR) is 49.9 cm³/mol. The van der Waals surface area contributed by atoms with Gasteiger partial charge in [0.05, 0.1) is 0 Å². The van der Waals surface area contributed by atoms with Crippen LogP contribution < -0.4 is 10.6 Å². The van der Waals surface area contributed by atoms with E-state index in [1.54, 1.807) is 0 Å². The van der Waals surface area contributed by atoms with Crippen LogP contribution in [0.25, 0.3) is 0 Å². The Morgan fingerprint density at radius 2 is 1.93 bits per heavy atom.